The second-order valence-corrected chi connectivity index (χ2v) is 16.0. The quantitative estimate of drug-likeness (QED) is 0.0289. The van der Waals surface area contributed by atoms with Crippen molar-refractivity contribution in [3.63, 3.8) is 0 Å². The summed E-state index contributed by atoms with van der Waals surface area (Å²) in [6.07, 6.45) is 45.2. The zero-order valence-electron chi connectivity index (χ0n) is 33.7. The maximum absolute atomic E-state index is 12.8. The maximum atomic E-state index is 12.8. The van der Waals surface area contributed by atoms with Crippen molar-refractivity contribution in [1.29, 1.82) is 0 Å². The van der Waals surface area contributed by atoms with E-state index in [1.54, 1.807) is 6.08 Å². The van der Waals surface area contributed by atoms with Crippen LogP contribution in [-0.4, -0.2) is 68.5 Å². The predicted octanol–water partition coefficient (Wildman–Crippen LogP) is 10.2. The van der Waals surface area contributed by atoms with Gasteiger partial charge in [0.25, 0.3) is 7.82 Å². The molecular weight excluding hydrogens is 671 g/mol. The Morgan fingerprint density at radius 1 is 0.692 bits per heavy atom. The summed E-state index contributed by atoms with van der Waals surface area (Å²) in [6.45, 7) is 4.44. The van der Waals surface area contributed by atoms with Crippen LogP contribution in [0.5, 0.6) is 0 Å². The molecule has 0 aliphatic heterocycles. The van der Waals surface area contributed by atoms with Crippen molar-refractivity contribution >= 4 is 13.7 Å². The van der Waals surface area contributed by atoms with Crippen molar-refractivity contribution in [3.8, 4) is 0 Å². The molecule has 0 aromatic heterocycles. The van der Waals surface area contributed by atoms with Gasteiger partial charge in [0.1, 0.15) is 13.2 Å². The molecule has 8 nitrogen and oxygen atoms in total. The van der Waals surface area contributed by atoms with Gasteiger partial charge in [-0.05, 0) is 70.6 Å². The topological polar surface area (TPSA) is 108 Å². The Kier molecular flexibility index (Phi) is 33.3. The lowest BCUT2D eigenvalue weighted by Crippen LogP contribution is -2.45. The van der Waals surface area contributed by atoms with Crippen LogP contribution >= 0.6 is 7.82 Å². The summed E-state index contributed by atoms with van der Waals surface area (Å²) in [7, 11) is 1.20. The molecule has 0 bridgehead atoms. The van der Waals surface area contributed by atoms with Crippen LogP contribution in [-0.2, 0) is 18.4 Å². The van der Waals surface area contributed by atoms with Crippen LogP contribution in [0.15, 0.2) is 72.9 Å². The molecule has 0 aromatic rings. The highest BCUT2D eigenvalue weighted by molar-refractivity contribution is 7.45. The Morgan fingerprint density at radius 3 is 1.79 bits per heavy atom. The number of unbranched alkanes of at least 4 members (excludes halogenated alkanes) is 12. The van der Waals surface area contributed by atoms with Crippen molar-refractivity contribution in [1.82, 2.24) is 5.32 Å². The SMILES string of the molecule is CC/C=C\C/C=C\C/C=C\C/C=C\CCCCC(=O)NC(COP(=O)([O-])OCC[N+](C)(C)C)C(O)/C=C/CC/C=C/CCCCCCCCCCC. The standard InChI is InChI=1S/C43H77N2O6P/c1-6-8-10-12-14-16-18-20-22-24-26-28-30-32-34-36-42(46)41(40-51-52(48,49)50-39-38-45(3,4)5)44-43(47)37-35-33-31-29-27-25-23-21-19-17-15-13-11-9-7-2/h9,11,15,17,21,23,26-29,34,36,41-42,46H,6-8,10,12-14,16,18-20,22,24-25,30-33,35,37-40H2,1-5H3,(H-,44,47,48,49)/b11-9-,17-15-,23-21-,28-26+,29-27-,36-34+. The van der Waals surface area contributed by atoms with Crippen LogP contribution in [0.3, 0.4) is 0 Å². The van der Waals surface area contributed by atoms with Gasteiger partial charge >= 0.3 is 0 Å². The van der Waals surface area contributed by atoms with Gasteiger partial charge in [-0.15, -0.1) is 0 Å². The van der Waals surface area contributed by atoms with E-state index in [-0.39, 0.29) is 18.9 Å². The number of phosphoric ester groups is 1. The molecule has 300 valence electrons. The number of carbonyl (C=O) groups is 1. The van der Waals surface area contributed by atoms with E-state index < -0.39 is 26.6 Å². The predicted molar refractivity (Wildman–Crippen MR) is 219 cm³/mol. The molecule has 0 saturated carbocycles. The number of nitrogens with one attached hydrogen (secondary N) is 1. The Bertz CT molecular complexity index is 1080. The third-order valence-corrected chi connectivity index (χ3v) is 9.36. The van der Waals surface area contributed by atoms with E-state index in [9.17, 15) is 19.4 Å². The van der Waals surface area contributed by atoms with Crippen molar-refractivity contribution < 1.29 is 32.9 Å². The number of phosphoric acid groups is 1. The third-order valence-electron chi connectivity index (χ3n) is 8.40. The molecule has 52 heavy (non-hydrogen) atoms. The molecule has 0 rings (SSSR count). The van der Waals surface area contributed by atoms with Gasteiger partial charge < -0.3 is 28.8 Å². The molecule has 0 radical (unpaired) electrons. The number of aliphatic hydroxyl groups excluding tert-OH is 1. The number of hydrogen-bond acceptors (Lipinski definition) is 6. The molecule has 0 aliphatic rings. The average molecular weight is 749 g/mol. The number of carbonyl (C=O) groups excluding carboxylic acids is 1. The third kappa shape index (κ3) is 36.3. The van der Waals surface area contributed by atoms with Gasteiger partial charge in [0.2, 0.25) is 5.91 Å². The summed E-state index contributed by atoms with van der Waals surface area (Å²) in [6, 6.07) is -0.926. The monoisotopic (exact) mass is 749 g/mol. The van der Waals surface area contributed by atoms with Gasteiger partial charge in [0.15, 0.2) is 0 Å². The van der Waals surface area contributed by atoms with Crippen LogP contribution < -0.4 is 10.2 Å². The first-order valence-electron chi connectivity index (χ1n) is 20.3. The summed E-state index contributed by atoms with van der Waals surface area (Å²) in [5, 5.41) is 13.7. The summed E-state index contributed by atoms with van der Waals surface area (Å²) >= 11 is 0. The van der Waals surface area contributed by atoms with Gasteiger partial charge in [0.05, 0.1) is 39.9 Å². The van der Waals surface area contributed by atoms with Crippen molar-refractivity contribution in [2.24, 2.45) is 0 Å². The van der Waals surface area contributed by atoms with E-state index in [1.165, 1.54) is 57.8 Å². The van der Waals surface area contributed by atoms with Gasteiger partial charge in [-0.25, -0.2) is 0 Å². The summed E-state index contributed by atoms with van der Waals surface area (Å²) < 4.78 is 23.1. The minimum atomic E-state index is -4.61. The number of allylic oxidation sites excluding steroid dienone is 11. The molecular formula is C43H77N2O6P. The molecule has 0 heterocycles. The molecule has 3 atom stereocenters. The van der Waals surface area contributed by atoms with Crippen molar-refractivity contribution in [3.05, 3.63) is 72.9 Å². The highest BCUT2D eigenvalue weighted by Crippen LogP contribution is 2.38. The first kappa shape index (κ1) is 49.9. The van der Waals surface area contributed by atoms with Crippen LogP contribution in [0.25, 0.3) is 0 Å². The fourth-order valence-electron chi connectivity index (χ4n) is 5.16. The summed E-state index contributed by atoms with van der Waals surface area (Å²) in [4.78, 5) is 25.2. The lowest BCUT2D eigenvalue weighted by molar-refractivity contribution is -0.870. The fraction of sp³-hybridized carbons (Fsp3) is 0.698. The molecule has 0 fully saturated rings. The van der Waals surface area contributed by atoms with Crippen LogP contribution in [0.4, 0.5) is 0 Å². The first-order chi connectivity index (χ1) is 25.0. The number of quaternary nitrogens is 1. The highest BCUT2D eigenvalue weighted by Gasteiger charge is 2.23. The smallest absolute Gasteiger partial charge is 0.268 e. The Labute approximate surface area is 319 Å². The van der Waals surface area contributed by atoms with E-state index in [2.05, 4.69) is 79.9 Å². The maximum Gasteiger partial charge on any atom is 0.268 e. The van der Waals surface area contributed by atoms with E-state index in [0.717, 1.165) is 57.8 Å². The molecule has 3 unspecified atom stereocenters. The first-order valence-corrected chi connectivity index (χ1v) is 21.8. The minimum absolute atomic E-state index is 0.0182. The highest BCUT2D eigenvalue weighted by atomic mass is 31.2. The molecule has 0 spiro atoms. The van der Waals surface area contributed by atoms with Crippen molar-refractivity contribution in [2.75, 3.05) is 40.9 Å². The normalized spacial score (nSPS) is 15.3. The van der Waals surface area contributed by atoms with E-state index in [4.69, 9.17) is 9.05 Å². The number of rotatable bonds is 35. The largest absolute Gasteiger partial charge is 0.756 e. The van der Waals surface area contributed by atoms with Crippen molar-refractivity contribution in [2.45, 2.75) is 154 Å². The molecule has 0 aromatic carbocycles. The number of hydrogen-bond donors (Lipinski definition) is 2. The number of amides is 1. The van der Waals surface area contributed by atoms with Crippen LogP contribution in [0.2, 0.25) is 0 Å². The van der Waals surface area contributed by atoms with Gasteiger partial charge in [-0.3, -0.25) is 9.36 Å². The minimum Gasteiger partial charge on any atom is -0.756 e. The van der Waals surface area contributed by atoms with Crippen LogP contribution in [0, 0.1) is 0 Å². The van der Waals surface area contributed by atoms with E-state index in [1.807, 2.05) is 27.2 Å². The molecule has 0 saturated heterocycles. The zero-order chi connectivity index (χ0) is 38.6. The Hall–Kier alpha value is -2.06. The Balaban J connectivity index is 4.65. The molecule has 2 N–H and O–H groups in total. The van der Waals surface area contributed by atoms with Gasteiger partial charge in [-0.1, -0.05) is 138 Å². The second-order valence-electron chi connectivity index (χ2n) is 14.6. The number of nitrogens with zero attached hydrogens (tertiary/aromatic N) is 1. The number of likely N-dealkylation sites (N-methyl/N-ethyl adjacent to an activating group) is 1. The lowest BCUT2D eigenvalue weighted by Gasteiger charge is -2.29. The molecule has 0 aliphatic carbocycles. The zero-order valence-corrected chi connectivity index (χ0v) is 34.6. The van der Waals surface area contributed by atoms with Gasteiger partial charge in [0, 0.05) is 6.42 Å². The van der Waals surface area contributed by atoms with E-state index >= 15 is 0 Å². The summed E-state index contributed by atoms with van der Waals surface area (Å²) in [5.41, 5.74) is 0. The lowest BCUT2D eigenvalue weighted by atomic mass is 10.1. The molecule has 9 heteroatoms. The summed E-state index contributed by atoms with van der Waals surface area (Å²) in [5.74, 6) is -0.252. The number of aliphatic hydroxyl groups is 1. The van der Waals surface area contributed by atoms with Crippen LogP contribution in [0.1, 0.15) is 142 Å². The van der Waals surface area contributed by atoms with Gasteiger partial charge in [-0.2, -0.15) is 0 Å². The Morgan fingerprint density at radius 2 is 1.19 bits per heavy atom. The molecule has 1 amide bonds. The second kappa shape index (κ2) is 34.7. The average Bonchev–Trinajstić information content (AvgIpc) is 3.09. The fourth-order valence-corrected chi connectivity index (χ4v) is 5.88. The van der Waals surface area contributed by atoms with E-state index in [0.29, 0.717) is 17.4 Å².